The zero-order chi connectivity index (χ0) is 26.2. The molecule has 2 aromatic heterocycles. The number of morpholine rings is 1. The zero-order valence-corrected chi connectivity index (χ0v) is 22.4. The Kier molecular flexibility index (Phi) is 7.19. The van der Waals surface area contributed by atoms with E-state index in [0.717, 1.165) is 21.2 Å². The predicted octanol–water partition coefficient (Wildman–Crippen LogP) is 4.98. The van der Waals surface area contributed by atoms with Gasteiger partial charge < -0.3 is 4.74 Å². The first-order chi connectivity index (χ1) is 17.7. The number of halogens is 1. The predicted molar refractivity (Wildman–Crippen MR) is 144 cm³/mol. The lowest BCUT2D eigenvalue weighted by Crippen LogP contribution is -2.48. The Labute approximate surface area is 221 Å². The van der Waals surface area contributed by atoms with Gasteiger partial charge in [0.25, 0.3) is 5.91 Å². The van der Waals surface area contributed by atoms with E-state index in [2.05, 4.69) is 10.1 Å². The number of sulfonamides is 1. The third kappa shape index (κ3) is 5.48. The fraction of sp³-hybridized carbons (Fsp3) is 0.240. The molecule has 3 heterocycles. The average molecular weight is 559 g/mol. The standard InChI is InChI=1S/C25H23FN4O4S3/c1-16-14-29(15-17(2)34-16)37(32,33)21-8-5-18(6-9-21)24(31)30(27-13-20-4-3-11-35-20)25-28-22-10-7-19(26)12-23(22)36-25/h3-13,16-17H,14-15H2,1-2H3/b27-13+. The van der Waals surface area contributed by atoms with Crippen LogP contribution in [0.2, 0.25) is 0 Å². The van der Waals surface area contributed by atoms with Crippen molar-refractivity contribution in [2.75, 3.05) is 18.1 Å². The normalized spacial score (nSPS) is 19.0. The van der Waals surface area contributed by atoms with Crippen molar-refractivity contribution in [2.45, 2.75) is 31.0 Å². The number of ether oxygens (including phenoxy) is 1. The van der Waals surface area contributed by atoms with Crippen molar-refractivity contribution in [3.05, 3.63) is 76.2 Å². The van der Waals surface area contributed by atoms with Gasteiger partial charge in [0, 0.05) is 23.5 Å². The van der Waals surface area contributed by atoms with E-state index >= 15 is 0 Å². The first kappa shape index (κ1) is 25.6. The quantitative estimate of drug-likeness (QED) is 0.246. The number of hydrazone groups is 1. The molecular formula is C25H23FN4O4S3. The molecule has 1 amide bonds. The highest BCUT2D eigenvalue weighted by Gasteiger charge is 2.32. The summed E-state index contributed by atoms with van der Waals surface area (Å²) >= 11 is 2.59. The second-order valence-electron chi connectivity index (χ2n) is 8.59. The molecule has 0 bridgehead atoms. The summed E-state index contributed by atoms with van der Waals surface area (Å²) in [5.74, 6) is -0.895. The minimum atomic E-state index is -3.75. The lowest BCUT2D eigenvalue weighted by atomic mass is 10.2. The molecule has 37 heavy (non-hydrogen) atoms. The molecule has 0 saturated carbocycles. The Morgan fingerprint density at radius 2 is 1.89 bits per heavy atom. The minimum absolute atomic E-state index is 0.0921. The molecular weight excluding hydrogens is 535 g/mol. The van der Waals surface area contributed by atoms with E-state index < -0.39 is 21.7 Å². The van der Waals surface area contributed by atoms with Crippen LogP contribution in [-0.2, 0) is 14.8 Å². The van der Waals surface area contributed by atoms with Gasteiger partial charge >= 0.3 is 0 Å². The van der Waals surface area contributed by atoms with Crippen LogP contribution in [0, 0.1) is 5.82 Å². The molecule has 4 aromatic rings. The van der Waals surface area contributed by atoms with E-state index in [1.165, 1.54) is 52.0 Å². The van der Waals surface area contributed by atoms with Gasteiger partial charge in [-0.05, 0) is 67.8 Å². The van der Waals surface area contributed by atoms with Gasteiger partial charge in [-0.1, -0.05) is 17.4 Å². The fourth-order valence-corrected chi connectivity index (χ4v) is 7.13. The van der Waals surface area contributed by atoms with Gasteiger partial charge in [-0.3, -0.25) is 4.79 Å². The smallest absolute Gasteiger partial charge is 0.280 e. The number of hydrogen-bond acceptors (Lipinski definition) is 8. The molecule has 0 N–H and O–H groups in total. The molecule has 1 fully saturated rings. The van der Waals surface area contributed by atoms with E-state index in [-0.39, 0.29) is 40.9 Å². The summed E-state index contributed by atoms with van der Waals surface area (Å²) in [4.78, 5) is 18.9. The molecule has 1 aliphatic heterocycles. The second kappa shape index (κ2) is 10.4. The SMILES string of the molecule is CC1CN(S(=O)(=O)c2ccc(C(=O)N(/N=C/c3cccs3)c3nc4ccc(F)cc4s3)cc2)CC(C)O1. The Balaban J connectivity index is 1.45. The van der Waals surface area contributed by atoms with Gasteiger partial charge in [0.15, 0.2) is 0 Å². The van der Waals surface area contributed by atoms with E-state index in [9.17, 15) is 17.6 Å². The summed E-state index contributed by atoms with van der Waals surface area (Å²) in [5, 5.41) is 7.69. The lowest BCUT2D eigenvalue weighted by molar-refractivity contribution is -0.0440. The van der Waals surface area contributed by atoms with Crippen molar-refractivity contribution >= 4 is 60.2 Å². The van der Waals surface area contributed by atoms with Crippen LogP contribution in [0.25, 0.3) is 10.2 Å². The van der Waals surface area contributed by atoms with E-state index in [0.29, 0.717) is 10.2 Å². The number of nitrogens with zero attached hydrogens (tertiary/aromatic N) is 4. The first-order valence-corrected chi connectivity index (χ1v) is 14.6. The maximum Gasteiger partial charge on any atom is 0.280 e. The summed E-state index contributed by atoms with van der Waals surface area (Å²) < 4.78 is 47.7. The lowest BCUT2D eigenvalue weighted by Gasteiger charge is -2.34. The molecule has 2 aromatic carbocycles. The van der Waals surface area contributed by atoms with Crippen molar-refractivity contribution in [2.24, 2.45) is 5.10 Å². The number of thiophene rings is 1. The molecule has 0 spiro atoms. The number of benzene rings is 2. The molecule has 2 atom stereocenters. The highest BCUT2D eigenvalue weighted by molar-refractivity contribution is 7.89. The van der Waals surface area contributed by atoms with Crippen LogP contribution in [0.1, 0.15) is 29.1 Å². The zero-order valence-electron chi connectivity index (χ0n) is 19.9. The summed E-state index contributed by atoms with van der Waals surface area (Å²) in [5.41, 5.74) is 0.775. The molecule has 2 unspecified atom stereocenters. The Hall–Kier alpha value is -3.03. The highest BCUT2D eigenvalue weighted by Crippen LogP contribution is 2.31. The highest BCUT2D eigenvalue weighted by atomic mass is 32.2. The fourth-order valence-electron chi connectivity index (χ4n) is 4.01. The second-order valence-corrected chi connectivity index (χ2v) is 12.5. The Bertz CT molecular complexity index is 1540. The van der Waals surface area contributed by atoms with Gasteiger partial charge in [0.05, 0.1) is 33.5 Å². The molecule has 192 valence electrons. The number of aromatic nitrogens is 1. The van der Waals surface area contributed by atoms with Crippen molar-refractivity contribution in [3.63, 3.8) is 0 Å². The van der Waals surface area contributed by atoms with Gasteiger partial charge in [0.2, 0.25) is 15.2 Å². The van der Waals surface area contributed by atoms with Crippen LogP contribution in [0.5, 0.6) is 0 Å². The molecule has 1 aliphatic rings. The molecule has 8 nitrogen and oxygen atoms in total. The third-order valence-electron chi connectivity index (χ3n) is 5.68. The van der Waals surface area contributed by atoms with Crippen LogP contribution >= 0.6 is 22.7 Å². The number of hydrogen-bond donors (Lipinski definition) is 0. The summed E-state index contributed by atoms with van der Waals surface area (Å²) in [7, 11) is -3.75. The largest absolute Gasteiger partial charge is 0.373 e. The van der Waals surface area contributed by atoms with Crippen molar-refractivity contribution in [1.29, 1.82) is 0 Å². The number of rotatable bonds is 6. The number of carbonyl (C=O) groups excluding carboxylic acids is 1. The molecule has 1 saturated heterocycles. The summed E-state index contributed by atoms with van der Waals surface area (Å²) in [6.45, 7) is 4.19. The van der Waals surface area contributed by atoms with Crippen LogP contribution < -0.4 is 5.01 Å². The number of amides is 1. The van der Waals surface area contributed by atoms with Crippen molar-refractivity contribution in [1.82, 2.24) is 9.29 Å². The number of anilines is 1. The van der Waals surface area contributed by atoms with Crippen LogP contribution in [0.3, 0.4) is 0 Å². The monoisotopic (exact) mass is 558 g/mol. The molecule has 0 aliphatic carbocycles. The number of thiazole rings is 1. The number of carbonyl (C=O) groups is 1. The number of fused-ring (bicyclic) bond motifs is 1. The summed E-state index contributed by atoms with van der Waals surface area (Å²) in [6.07, 6.45) is 1.13. The van der Waals surface area contributed by atoms with E-state index in [4.69, 9.17) is 4.74 Å². The first-order valence-electron chi connectivity index (χ1n) is 11.4. The minimum Gasteiger partial charge on any atom is -0.373 e. The third-order valence-corrected chi connectivity index (χ3v) is 9.33. The maximum atomic E-state index is 13.7. The van der Waals surface area contributed by atoms with Crippen LogP contribution in [0.4, 0.5) is 9.52 Å². The van der Waals surface area contributed by atoms with E-state index in [1.807, 2.05) is 31.4 Å². The van der Waals surface area contributed by atoms with Crippen molar-refractivity contribution < 1.29 is 22.3 Å². The Morgan fingerprint density at radius 1 is 1.16 bits per heavy atom. The molecule has 0 radical (unpaired) electrons. The van der Waals surface area contributed by atoms with Crippen LogP contribution in [-0.4, -0.2) is 55.1 Å². The Morgan fingerprint density at radius 3 is 2.57 bits per heavy atom. The topological polar surface area (TPSA) is 92.2 Å². The van der Waals surface area contributed by atoms with Gasteiger partial charge in [0.1, 0.15) is 5.82 Å². The maximum absolute atomic E-state index is 13.7. The summed E-state index contributed by atoms with van der Waals surface area (Å²) in [6, 6.07) is 13.7. The van der Waals surface area contributed by atoms with E-state index in [1.54, 1.807) is 12.3 Å². The van der Waals surface area contributed by atoms with Gasteiger partial charge in [-0.25, -0.2) is 17.8 Å². The molecule has 12 heteroatoms. The molecule has 5 rings (SSSR count). The van der Waals surface area contributed by atoms with Gasteiger partial charge in [-0.15, -0.1) is 11.3 Å². The van der Waals surface area contributed by atoms with Gasteiger partial charge in [-0.2, -0.15) is 14.4 Å². The average Bonchev–Trinajstić information content (AvgIpc) is 3.53. The van der Waals surface area contributed by atoms with Crippen molar-refractivity contribution in [3.8, 4) is 0 Å². The van der Waals surface area contributed by atoms with Crippen LogP contribution in [0.15, 0.2) is 70.0 Å².